The molecule has 0 spiro atoms. The molecule has 0 bridgehead atoms. The first kappa shape index (κ1) is 11.8. The van der Waals surface area contributed by atoms with Crippen LogP contribution in [0.5, 0.6) is 0 Å². The van der Waals surface area contributed by atoms with Gasteiger partial charge in [-0.25, -0.2) is 8.78 Å². The SMILES string of the molecule is C[CH]C(c1ccc(F)cc1)c1ccc(F)cc1. The Labute approximate surface area is 99.9 Å². The van der Waals surface area contributed by atoms with Gasteiger partial charge in [-0.05, 0) is 41.8 Å². The van der Waals surface area contributed by atoms with Crippen LogP contribution in [0.3, 0.4) is 0 Å². The third-order valence-electron chi connectivity index (χ3n) is 2.79. The van der Waals surface area contributed by atoms with Crippen LogP contribution >= 0.6 is 0 Å². The Balaban J connectivity index is 2.33. The van der Waals surface area contributed by atoms with Crippen LogP contribution in [0.4, 0.5) is 8.78 Å². The fourth-order valence-electron chi connectivity index (χ4n) is 1.92. The molecule has 0 aromatic heterocycles. The van der Waals surface area contributed by atoms with E-state index in [1.165, 1.54) is 24.3 Å². The van der Waals surface area contributed by atoms with Crippen LogP contribution in [0.25, 0.3) is 0 Å². The van der Waals surface area contributed by atoms with Crippen molar-refractivity contribution in [3.05, 3.63) is 77.7 Å². The first-order valence-corrected chi connectivity index (χ1v) is 5.51. The Hall–Kier alpha value is -1.70. The van der Waals surface area contributed by atoms with Crippen LogP contribution in [-0.2, 0) is 0 Å². The number of halogens is 2. The van der Waals surface area contributed by atoms with Crippen LogP contribution in [0.15, 0.2) is 48.5 Å². The minimum atomic E-state index is -0.247. The van der Waals surface area contributed by atoms with E-state index in [4.69, 9.17) is 0 Å². The highest BCUT2D eigenvalue weighted by Crippen LogP contribution is 2.27. The van der Waals surface area contributed by atoms with E-state index in [9.17, 15) is 8.78 Å². The summed E-state index contributed by atoms with van der Waals surface area (Å²) < 4.78 is 25.7. The molecular weight excluding hydrogens is 218 g/mol. The molecule has 0 unspecified atom stereocenters. The van der Waals surface area contributed by atoms with Crippen LogP contribution in [0.2, 0.25) is 0 Å². The summed E-state index contributed by atoms with van der Waals surface area (Å²) in [7, 11) is 0. The van der Waals surface area contributed by atoms with Crippen LogP contribution in [-0.4, -0.2) is 0 Å². The summed E-state index contributed by atoms with van der Waals surface area (Å²) in [4.78, 5) is 0. The van der Waals surface area contributed by atoms with Gasteiger partial charge in [-0.15, -0.1) is 0 Å². The molecule has 2 heteroatoms. The van der Waals surface area contributed by atoms with Crippen LogP contribution < -0.4 is 0 Å². The molecular formula is C15H13F2. The van der Waals surface area contributed by atoms with Crippen molar-refractivity contribution in [1.29, 1.82) is 0 Å². The summed E-state index contributed by atoms with van der Waals surface area (Å²) in [5.41, 5.74) is 2.00. The molecule has 0 N–H and O–H groups in total. The lowest BCUT2D eigenvalue weighted by Crippen LogP contribution is -2.00. The van der Waals surface area contributed by atoms with Crippen molar-refractivity contribution in [3.63, 3.8) is 0 Å². The first-order valence-electron chi connectivity index (χ1n) is 5.51. The van der Waals surface area contributed by atoms with Gasteiger partial charge >= 0.3 is 0 Å². The maximum atomic E-state index is 12.8. The third-order valence-corrected chi connectivity index (χ3v) is 2.79. The molecule has 0 aliphatic heterocycles. The molecule has 0 heterocycles. The van der Waals surface area contributed by atoms with E-state index in [1.54, 1.807) is 24.3 Å². The van der Waals surface area contributed by atoms with E-state index < -0.39 is 0 Å². The minimum absolute atomic E-state index is 0.0659. The molecule has 1 radical (unpaired) electrons. The second-order valence-electron chi connectivity index (χ2n) is 3.91. The van der Waals surface area contributed by atoms with Crippen LogP contribution in [0.1, 0.15) is 24.0 Å². The summed E-state index contributed by atoms with van der Waals surface area (Å²) >= 11 is 0. The first-order chi connectivity index (χ1) is 8.20. The Morgan fingerprint density at radius 2 is 1.12 bits per heavy atom. The lowest BCUT2D eigenvalue weighted by atomic mass is 9.89. The molecule has 0 aliphatic carbocycles. The molecule has 0 aliphatic rings. The van der Waals surface area contributed by atoms with Crippen molar-refractivity contribution < 1.29 is 8.78 Å². The second-order valence-corrected chi connectivity index (χ2v) is 3.91. The van der Waals surface area contributed by atoms with Crippen molar-refractivity contribution in [2.75, 3.05) is 0 Å². The lowest BCUT2D eigenvalue weighted by Gasteiger charge is -2.15. The van der Waals surface area contributed by atoms with Gasteiger partial charge in [-0.2, -0.15) is 0 Å². The van der Waals surface area contributed by atoms with E-state index >= 15 is 0 Å². The van der Waals surface area contributed by atoms with Gasteiger partial charge < -0.3 is 0 Å². The van der Waals surface area contributed by atoms with E-state index in [1.807, 2.05) is 13.3 Å². The number of hydrogen-bond donors (Lipinski definition) is 0. The van der Waals surface area contributed by atoms with Gasteiger partial charge in [0.1, 0.15) is 11.6 Å². The number of hydrogen-bond acceptors (Lipinski definition) is 0. The average Bonchev–Trinajstić information content (AvgIpc) is 2.35. The summed E-state index contributed by atoms with van der Waals surface area (Å²) in [6, 6.07) is 12.8. The number of benzene rings is 2. The van der Waals surface area contributed by atoms with Crippen molar-refractivity contribution in [2.24, 2.45) is 0 Å². The quantitative estimate of drug-likeness (QED) is 0.738. The molecule has 0 fully saturated rings. The topological polar surface area (TPSA) is 0 Å². The van der Waals surface area contributed by atoms with Crippen molar-refractivity contribution >= 4 is 0 Å². The molecule has 0 atom stereocenters. The van der Waals surface area contributed by atoms with E-state index in [0.29, 0.717) is 0 Å². The smallest absolute Gasteiger partial charge is 0.123 e. The van der Waals surface area contributed by atoms with Crippen molar-refractivity contribution in [1.82, 2.24) is 0 Å². The van der Waals surface area contributed by atoms with Gasteiger partial charge in [0.15, 0.2) is 0 Å². The summed E-state index contributed by atoms with van der Waals surface area (Å²) in [6.07, 6.45) is 2.01. The van der Waals surface area contributed by atoms with E-state index in [0.717, 1.165) is 11.1 Å². The van der Waals surface area contributed by atoms with Gasteiger partial charge in [-0.1, -0.05) is 31.2 Å². The third kappa shape index (κ3) is 2.70. The Bertz CT molecular complexity index is 426. The zero-order valence-electron chi connectivity index (χ0n) is 9.53. The Kier molecular flexibility index (Phi) is 3.52. The van der Waals surface area contributed by atoms with E-state index in [-0.39, 0.29) is 17.6 Å². The molecule has 2 aromatic carbocycles. The molecule has 0 amide bonds. The molecule has 0 saturated heterocycles. The van der Waals surface area contributed by atoms with Gasteiger partial charge in [0, 0.05) is 5.92 Å². The molecule has 87 valence electrons. The highest BCUT2D eigenvalue weighted by Gasteiger charge is 2.12. The summed E-state index contributed by atoms with van der Waals surface area (Å²) in [5, 5.41) is 0. The maximum absolute atomic E-state index is 12.8. The van der Waals surface area contributed by atoms with Gasteiger partial charge in [0.25, 0.3) is 0 Å². The predicted octanol–water partition coefficient (Wildman–Crippen LogP) is 4.32. The highest BCUT2D eigenvalue weighted by atomic mass is 19.1. The van der Waals surface area contributed by atoms with Gasteiger partial charge in [-0.3, -0.25) is 0 Å². The maximum Gasteiger partial charge on any atom is 0.123 e. The highest BCUT2D eigenvalue weighted by molar-refractivity contribution is 5.35. The fraction of sp³-hybridized carbons (Fsp3) is 0.133. The Morgan fingerprint density at radius 1 is 0.765 bits per heavy atom. The van der Waals surface area contributed by atoms with Crippen molar-refractivity contribution in [3.8, 4) is 0 Å². The van der Waals surface area contributed by atoms with E-state index in [2.05, 4.69) is 0 Å². The summed E-state index contributed by atoms with van der Waals surface area (Å²) in [6.45, 7) is 1.94. The predicted molar refractivity (Wildman–Crippen MR) is 64.6 cm³/mol. The van der Waals surface area contributed by atoms with Crippen LogP contribution in [0, 0.1) is 18.1 Å². The van der Waals surface area contributed by atoms with Gasteiger partial charge in [0.2, 0.25) is 0 Å². The standard InChI is InChI=1S/C15H13F2/c1-2-15(11-3-7-13(16)8-4-11)12-5-9-14(17)10-6-12/h2-10,15H,1H3. The monoisotopic (exact) mass is 231 g/mol. The van der Waals surface area contributed by atoms with Crippen molar-refractivity contribution in [2.45, 2.75) is 12.8 Å². The minimum Gasteiger partial charge on any atom is -0.207 e. The van der Waals surface area contributed by atoms with Gasteiger partial charge in [0.05, 0.1) is 0 Å². The molecule has 2 rings (SSSR count). The molecule has 0 nitrogen and oxygen atoms in total. The Morgan fingerprint density at radius 3 is 1.41 bits per heavy atom. The fourth-order valence-corrected chi connectivity index (χ4v) is 1.92. The zero-order chi connectivity index (χ0) is 12.3. The number of rotatable bonds is 3. The summed E-state index contributed by atoms with van der Waals surface area (Å²) in [5.74, 6) is -0.429. The zero-order valence-corrected chi connectivity index (χ0v) is 9.53. The molecule has 17 heavy (non-hydrogen) atoms. The normalized spacial score (nSPS) is 10.8. The molecule has 0 saturated carbocycles. The largest absolute Gasteiger partial charge is 0.207 e. The average molecular weight is 231 g/mol. The second kappa shape index (κ2) is 5.09. The lowest BCUT2D eigenvalue weighted by molar-refractivity contribution is 0.626. The molecule has 2 aromatic rings.